The van der Waals surface area contributed by atoms with Crippen LogP contribution in [0.2, 0.25) is 0 Å². The molecule has 2 rings (SSSR count). The second-order valence-electron chi connectivity index (χ2n) is 7.55. The fraction of sp³-hybridized carbons (Fsp3) is 0.619. The van der Waals surface area contributed by atoms with Gasteiger partial charge in [0.2, 0.25) is 0 Å². The molecule has 0 spiro atoms. The summed E-state index contributed by atoms with van der Waals surface area (Å²) in [6.45, 7) is 2.10. The maximum atomic E-state index is 14.5. The molecular weight excluding hydrogens is 401 g/mol. The zero-order valence-corrected chi connectivity index (χ0v) is 16.2. The molecule has 8 heteroatoms. The van der Waals surface area contributed by atoms with Crippen LogP contribution >= 0.6 is 0 Å². The highest BCUT2D eigenvalue weighted by Gasteiger charge is 2.44. The highest BCUT2D eigenvalue weighted by atomic mass is 19.4. The molecule has 1 saturated carbocycles. The van der Waals surface area contributed by atoms with E-state index in [4.69, 9.17) is 0 Å². The molecule has 1 aliphatic carbocycles. The van der Waals surface area contributed by atoms with Crippen molar-refractivity contribution in [1.82, 2.24) is 0 Å². The maximum absolute atomic E-state index is 14.5. The molecule has 0 bridgehead atoms. The average molecular weight is 426 g/mol. The Hall–Kier alpha value is -1.73. The molecule has 164 valence electrons. The molecule has 0 radical (unpaired) electrons. The van der Waals surface area contributed by atoms with Crippen LogP contribution < -0.4 is 4.74 Å². The summed E-state index contributed by atoms with van der Waals surface area (Å²) in [6.07, 6.45) is -2.38. The van der Waals surface area contributed by atoms with Crippen LogP contribution in [0.5, 0.6) is 5.75 Å². The summed E-state index contributed by atoms with van der Waals surface area (Å²) < 4.78 is 97.9. The van der Waals surface area contributed by atoms with Gasteiger partial charge in [0, 0.05) is 23.8 Å². The largest absolute Gasteiger partial charge is 0.432 e. The Bertz CT molecular complexity index is 666. The summed E-state index contributed by atoms with van der Waals surface area (Å²) in [5.74, 6) is -4.23. The minimum Gasteiger partial charge on any atom is -0.432 e. The zero-order valence-electron chi connectivity index (χ0n) is 16.2. The Balaban J connectivity index is 2.01. The molecule has 0 aliphatic heterocycles. The van der Waals surface area contributed by atoms with E-state index in [0.717, 1.165) is 25.7 Å². The summed E-state index contributed by atoms with van der Waals surface area (Å²) in [7, 11) is 0. The van der Waals surface area contributed by atoms with Crippen LogP contribution in [0.3, 0.4) is 0 Å². The van der Waals surface area contributed by atoms with Gasteiger partial charge in [0.05, 0.1) is 5.92 Å². The van der Waals surface area contributed by atoms with E-state index < -0.39 is 41.2 Å². The number of halogens is 7. The van der Waals surface area contributed by atoms with Gasteiger partial charge in [-0.15, -0.1) is 0 Å². The number of hydrogen-bond acceptors (Lipinski definition) is 1. The van der Waals surface area contributed by atoms with Gasteiger partial charge in [-0.1, -0.05) is 32.6 Å². The second kappa shape index (κ2) is 9.85. The normalized spacial score (nSPS) is 21.0. The lowest BCUT2D eigenvalue weighted by Crippen LogP contribution is -2.37. The van der Waals surface area contributed by atoms with E-state index in [9.17, 15) is 30.7 Å². The van der Waals surface area contributed by atoms with Crippen LogP contribution in [0.25, 0.3) is 6.08 Å². The standard InChI is InChI=1S/C21H25F7O/c1-2-3-4-5-14-6-8-15(9-7-14)21(27,28)29-16-12-18(22)17(19(23)13-16)10-11-20(24,25)26/h10-15H,2-9H2,1H3/b11-10+. The second-order valence-corrected chi connectivity index (χ2v) is 7.55. The molecule has 0 amide bonds. The fourth-order valence-electron chi connectivity index (χ4n) is 3.67. The van der Waals surface area contributed by atoms with E-state index in [1.165, 1.54) is 0 Å². The first-order chi connectivity index (χ1) is 13.5. The van der Waals surface area contributed by atoms with Gasteiger partial charge in [-0.05, 0) is 37.7 Å². The number of ether oxygens (including phenoxy) is 1. The van der Waals surface area contributed by atoms with Crippen LogP contribution in [-0.4, -0.2) is 12.3 Å². The quantitative estimate of drug-likeness (QED) is 0.303. The molecule has 0 unspecified atom stereocenters. The van der Waals surface area contributed by atoms with Gasteiger partial charge in [0.1, 0.15) is 17.4 Å². The minimum absolute atomic E-state index is 0.215. The number of benzene rings is 1. The number of alkyl halides is 5. The summed E-state index contributed by atoms with van der Waals surface area (Å²) in [6, 6.07) is 0.951. The number of rotatable bonds is 8. The van der Waals surface area contributed by atoms with Gasteiger partial charge in [-0.25, -0.2) is 8.78 Å². The van der Waals surface area contributed by atoms with Crippen molar-refractivity contribution in [2.75, 3.05) is 0 Å². The van der Waals surface area contributed by atoms with Crippen LogP contribution in [0.15, 0.2) is 18.2 Å². The van der Waals surface area contributed by atoms with Crippen LogP contribution in [0.4, 0.5) is 30.7 Å². The van der Waals surface area contributed by atoms with Crippen molar-refractivity contribution in [3.63, 3.8) is 0 Å². The predicted octanol–water partition coefficient (Wildman–Crippen LogP) is 7.90. The SMILES string of the molecule is CCCCCC1CCC(C(F)(F)Oc2cc(F)c(/C=C/C(F)(F)F)c(F)c2)CC1. The van der Waals surface area contributed by atoms with Gasteiger partial charge in [-0.2, -0.15) is 22.0 Å². The van der Waals surface area contributed by atoms with Crippen molar-refractivity contribution in [3.8, 4) is 5.75 Å². The highest BCUT2D eigenvalue weighted by Crippen LogP contribution is 2.41. The average Bonchev–Trinajstić information content (AvgIpc) is 2.60. The van der Waals surface area contributed by atoms with E-state index >= 15 is 0 Å². The first-order valence-electron chi connectivity index (χ1n) is 9.83. The summed E-state index contributed by atoms with van der Waals surface area (Å²) >= 11 is 0. The molecule has 0 saturated heterocycles. The van der Waals surface area contributed by atoms with E-state index in [0.29, 0.717) is 30.9 Å². The Morgan fingerprint density at radius 3 is 2.07 bits per heavy atom. The third-order valence-corrected chi connectivity index (χ3v) is 5.28. The van der Waals surface area contributed by atoms with Gasteiger partial charge in [-0.3, -0.25) is 0 Å². The molecule has 1 aromatic rings. The first-order valence-corrected chi connectivity index (χ1v) is 9.83. The van der Waals surface area contributed by atoms with Crippen LogP contribution in [-0.2, 0) is 0 Å². The molecule has 0 heterocycles. The maximum Gasteiger partial charge on any atom is 0.409 e. The van der Waals surface area contributed by atoms with Crippen LogP contribution in [0, 0.1) is 23.5 Å². The van der Waals surface area contributed by atoms with Gasteiger partial charge in [0.15, 0.2) is 0 Å². The zero-order chi connectivity index (χ0) is 21.7. The number of hydrogen-bond donors (Lipinski definition) is 0. The molecule has 1 fully saturated rings. The lowest BCUT2D eigenvalue weighted by molar-refractivity contribution is -0.223. The third kappa shape index (κ3) is 7.23. The molecule has 0 aromatic heterocycles. The highest BCUT2D eigenvalue weighted by molar-refractivity contribution is 5.53. The first kappa shape index (κ1) is 23.5. The third-order valence-electron chi connectivity index (χ3n) is 5.28. The van der Waals surface area contributed by atoms with Gasteiger partial charge < -0.3 is 4.74 Å². The number of allylic oxidation sites excluding steroid dienone is 1. The van der Waals surface area contributed by atoms with E-state index in [1.807, 2.05) is 0 Å². The molecular formula is C21H25F7O. The Morgan fingerprint density at radius 2 is 1.55 bits per heavy atom. The van der Waals surface area contributed by atoms with Crippen molar-refractivity contribution < 1.29 is 35.5 Å². The van der Waals surface area contributed by atoms with Gasteiger partial charge in [0.25, 0.3) is 0 Å². The topological polar surface area (TPSA) is 9.23 Å². The number of unbranched alkanes of at least 4 members (excludes halogenated alkanes) is 2. The van der Waals surface area contributed by atoms with E-state index in [1.54, 1.807) is 0 Å². The van der Waals surface area contributed by atoms with E-state index in [-0.39, 0.29) is 25.0 Å². The lowest BCUT2D eigenvalue weighted by atomic mass is 9.79. The Kier molecular flexibility index (Phi) is 8.00. The summed E-state index contributed by atoms with van der Waals surface area (Å²) in [4.78, 5) is 0. The van der Waals surface area contributed by atoms with Crippen molar-refractivity contribution in [1.29, 1.82) is 0 Å². The van der Waals surface area contributed by atoms with E-state index in [2.05, 4.69) is 11.7 Å². The predicted molar refractivity (Wildman–Crippen MR) is 96.6 cm³/mol. The van der Waals surface area contributed by atoms with Crippen molar-refractivity contribution in [2.45, 2.75) is 70.6 Å². The molecule has 0 N–H and O–H groups in total. The lowest BCUT2D eigenvalue weighted by Gasteiger charge is -2.33. The fourth-order valence-corrected chi connectivity index (χ4v) is 3.67. The molecule has 0 atom stereocenters. The molecule has 1 nitrogen and oxygen atoms in total. The van der Waals surface area contributed by atoms with Crippen molar-refractivity contribution in [2.24, 2.45) is 11.8 Å². The molecule has 29 heavy (non-hydrogen) atoms. The molecule has 1 aromatic carbocycles. The van der Waals surface area contributed by atoms with Gasteiger partial charge >= 0.3 is 12.3 Å². The monoisotopic (exact) mass is 426 g/mol. The van der Waals surface area contributed by atoms with Crippen LogP contribution in [0.1, 0.15) is 63.9 Å². The summed E-state index contributed by atoms with van der Waals surface area (Å²) in [5.41, 5.74) is -0.967. The smallest absolute Gasteiger partial charge is 0.409 e. The van der Waals surface area contributed by atoms with Crippen molar-refractivity contribution >= 4 is 6.08 Å². The molecule has 1 aliphatic rings. The van der Waals surface area contributed by atoms with Crippen molar-refractivity contribution in [3.05, 3.63) is 35.4 Å². The summed E-state index contributed by atoms with van der Waals surface area (Å²) in [5, 5.41) is 0. The Labute approximate surface area is 165 Å². The Morgan fingerprint density at radius 1 is 0.966 bits per heavy atom. The minimum atomic E-state index is -4.75.